The van der Waals surface area contributed by atoms with E-state index in [4.69, 9.17) is 0 Å². The Morgan fingerprint density at radius 1 is 1.20 bits per heavy atom. The Kier molecular flexibility index (Phi) is 5.96. The molecule has 25 heavy (non-hydrogen) atoms. The number of rotatable bonds is 6. The molecular weight excluding hydrogens is 316 g/mol. The lowest BCUT2D eigenvalue weighted by Crippen LogP contribution is -2.42. The second-order valence-electron chi connectivity index (χ2n) is 6.43. The van der Waals surface area contributed by atoms with Crippen molar-refractivity contribution in [2.75, 3.05) is 13.1 Å². The van der Waals surface area contributed by atoms with E-state index in [1.165, 1.54) is 4.90 Å². The van der Waals surface area contributed by atoms with Crippen LogP contribution in [-0.4, -0.2) is 45.6 Å². The fraction of sp³-hybridized carbons (Fsp3) is 0.421. The molecule has 6 heteroatoms. The molecule has 0 radical (unpaired) electrons. The number of carbonyl (C=O) groups is 2. The minimum atomic E-state index is -0.152. The van der Waals surface area contributed by atoms with Crippen molar-refractivity contribution < 1.29 is 9.59 Å². The highest BCUT2D eigenvalue weighted by Gasteiger charge is 2.18. The Labute approximate surface area is 148 Å². The fourth-order valence-corrected chi connectivity index (χ4v) is 2.69. The molecule has 134 valence electrons. The molecule has 0 unspecified atom stereocenters. The summed E-state index contributed by atoms with van der Waals surface area (Å²) in [6.45, 7) is 10.1. The maximum absolute atomic E-state index is 12.6. The van der Waals surface area contributed by atoms with Crippen molar-refractivity contribution in [2.24, 2.45) is 0 Å². The lowest BCUT2D eigenvalue weighted by molar-refractivity contribution is -0.122. The number of amides is 2. The highest BCUT2D eigenvalue weighted by atomic mass is 16.2. The molecule has 2 aromatic rings. The molecule has 1 N–H and O–H groups in total. The van der Waals surface area contributed by atoms with Gasteiger partial charge >= 0.3 is 0 Å². The quantitative estimate of drug-likeness (QED) is 0.877. The van der Waals surface area contributed by atoms with Crippen molar-refractivity contribution in [3.05, 3.63) is 47.3 Å². The molecule has 1 aromatic heterocycles. The molecule has 0 aliphatic heterocycles. The molecule has 1 aromatic carbocycles. The molecule has 0 aliphatic rings. The minimum absolute atomic E-state index is 0.0568. The van der Waals surface area contributed by atoms with Crippen LogP contribution in [0.4, 0.5) is 0 Å². The summed E-state index contributed by atoms with van der Waals surface area (Å²) in [5.41, 5.74) is 3.45. The normalized spacial score (nSPS) is 10.8. The summed E-state index contributed by atoms with van der Waals surface area (Å²) in [6.07, 6.45) is 0. The third-order valence-electron chi connectivity index (χ3n) is 3.82. The van der Waals surface area contributed by atoms with Crippen molar-refractivity contribution >= 4 is 11.8 Å². The van der Waals surface area contributed by atoms with E-state index in [0.29, 0.717) is 12.1 Å². The monoisotopic (exact) mass is 342 g/mol. The lowest BCUT2D eigenvalue weighted by atomic mass is 10.1. The van der Waals surface area contributed by atoms with Crippen LogP contribution in [-0.2, 0) is 4.79 Å². The Morgan fingerprint density at radius 3 is 2.32 bits per heavy atom. The van der Waals surface area contributed by atoms with E-state index in [9.17, 15) is 9.59 Å². The van der Waals surface area contributed by atoms with E-state index in [1.807, 2.05) is 57.5 Å². The number of hydrogen-bond acceptors (Lipinski definition) is 3. The molecule has 0 fully saturated rings. The molecule has 0 bridgehead atoms. The number of benzene rings is 1. The smallest absolute Gasteiger partial charge is 0.254 e. The van der Waals surface area contributed by atoms with Gasteiger partial charge in [0.2, 0.25) is 5.91 Å². The predicted molar refractivity (Wildman–Crippen MR) is 97.9 cm³/mol. The van der Waals surface area contributed by atoms with Gasteiger partial charge in [0, 0.05) is 23.8 Å². The number of likely N-dealkylation sites (N-methyl/N-ethyl adjacent to an activating group) is 1. The Balaban J connectivity index is 2.13. The van der Waals surface area contributed by atoms with E-state index >= 15 is 0 Å². The van der Waals surface area contributed by atoms with Crippen molar-refractivity contribution in [1.29, 1.82) is 0 Å². The van der Waals surface area contributed by atoms with E-state index in [2.05, 4.69) is 10.4 Å². The summed E-state index contributed by atoms with van der Waals surface area (Å²) >= 11 is 0. The molecule has 2 amide bonds. The molecule has 2 rings (SSSR count). The zero-order chi connectivity index (χ0) is 18.6. The van der Waals surface area contributed by atoms with Crippen LogP contribution in [0.1, 0.15) is 42.5 Å². The van der Waals surface area contributed by atoms with Crippen molar-refractivity contribution in [2.45, 2.75) is 40.7 Å². The molecule has 0 atom stereocenters. The summed E-state index contributed by atoms with van der Waals surface area (Å²) in [5, 5.41) is 7.25. The highest BCUT2D eigenvalue weighted by molar-refractivity contribution is 5.96. The van der Waals surface area contributed by atoms with Gasteiger partial charge in [-0.25, -0.2) is 4.68 Å². The van der Waals surface area contributed by atoms with Gasteiger partial charge in [0.25, 0.3) is 5.91 Å². The van der Waals surface area contributed by atoms with Gasteiger partial charge in [-0.3, -0.25) is 9.59 Å². The summed E-state index contributed by atoms with van der Waals surface area (Å²) in [7, 11) is 0. The van der Waals surface area contributed by atoms with Gasteiger partial charge in [-0.15, -0.1) is 0 Å². The van der Waals surface area contributed by atoms with Gasteiger partial charge in [0.05, 0.1) is 17.9 Å². The summed E-state index contributed by atoms with van der Waals surface area (Å²) in [4.78, 5) is 26.1. The minimum Gasteiger partial charge on any atom is -0.352 e. The predicted octanol–water partition coefficient (Wildman–Crippen LogP) is 2.48. The maximum Gasteiger partial charge on any atom is 0.254 e. The molecular formula is C19H26N4O2. The standard InChI is InChI=1S/C19H26N4O2/c1-6-22(12-18(24)20-13(2)3)19(25)16-7-9-17(10-8-16)23-15(5)11-14(4)21-23/h7-11,13H,6,12H2,1-5H3,(H,20,24). The van der Waals surface area contributed by atoms with Crippen LogP contribution in [0.3, 0.4) is 0 Å². The summed E-state index contributed by atoms with van der Waals surface area (Å²) in [6, 6.07) is 9.35. The van der Waals surface area contributed by atoms with Gasteiger partial charge in [0.15, 0.2) is 0 Å². The zero-order valence-corrected chi connectivity index (χ0v) is 15.5. The molecule has 0 spiro atoms. The molecule has 0 aliphatic carbocycles. The van der Waals surface area contributed by atoms with Crippen molar-refractivity contribution in [3.63, 3.8) is 0 Å². The van der Waals surface area contributed by atoms with Crippen LogP contribution in [0.5, 0.6) is 0 Å². The second kappa shape index (κ2) is 7.96. The topological polar surface area (TPSA) is 67.2 Å². The van der Waals surface area contributed by atoms with Crippen LogP contribution in [0.25, 0.3) is 5.69 Å². The third kappa shape index (κ3) is 4.68. The lowest BCUT2D eigenvalue weighted by Gasteiger charge is -2.21. The molecule has 1 heterocycles. The Hall–Kier alpha value is -2.63. The van der Waals surface area contributed by atoms with Crippen LogP contribution in [0, 0.1) is 13.8 Å². The Morgan fingerprint density at radius 2 is 1.84 bits per heavy atom. The number of aryl methyl sites for hydroxylation is 2. The van der Waals surface area contributed by atoms with Gasteiger partial charge in [-0.05, 0) is 65.0 Å². The third-order valence-corrected chi connectivity index (χ3v) is 3.82. The average molecular weight is 342 g/mol. The Bertz CT molecular complexity index is 747. The maximum atomic E-state index is 12.6. The summed E-state index contributed by atoms with van der Waals surface area (Å²) in [5.74, 6) is -0.300. The number of aromatic nitrogens is 2. The molecule has 0 saturated heterocycles. The molecule has 0 saturated carbocycles. The first-order valence-corrected chi connectivity index (χ1v) is 8.54. The first-order valence-electron chi connectivity index (χ1n) is 8.54. The van der Waals surface area contributed by atoms with Gasteiger partial charge in [-0.1, -0.05) is 0 Å². The first kappa shape index (κ1) is 18.7. The largest absolute Gasteiger partial charge is 0.352 e. The van der Waals surface area contributed by atoms with Crippen LogP contribution in [0.15, 0.2) is 30.3 Å². The zero-order valence-electron chi connectivity index (χ0n) is 15.5. The van der Waals surface area contributed by atoms with E-state index in [1.54, 1.807) is 12.1 Å². The second-order valence-corrected chi connectivity index (χ2v) is 6.43. The SMILES string of the molecule is CCN(CC(=O)NC(C)C)C(=O)c1ccc(-n2nc(C)cc2C)cc1. The van der Waals surface area contributed by atoms with Gasteiger partial charge < -0.3 is 10.2 Å². The van der Waals surface area contributed by atoms with Crippen LogP contribution < -0.4 is 5.32 Å². The number of carbonyl (C=O) groups excluding carboxylic acids is 2. The van der Waals surface area contributed by atoms with Crippen molar-refractivity contribution in [3.8, 4) is 5.69 Å². The van der Waals surface area contributed by atoms with Crippen LogP contribution in [0.2, 0.25) is 0 Å². The molecule has 6 nitrogen and oxygen atoms in total. The summed E-state index contributed by atoms with van der Waals surface area (Å²) < 4.78 is 1.84. The first-order chi connectivity index (χ1) is 11.8. The number of nitrogens with one attached hydrogen (secondary N) is 1. The highest BCUT2D eigenvalue weighted by Crippen LogP contribution is 2.14. The van der Waals surface area contributed by atoms with E-state index < -0.39 is 0 Å². The van der Waals surface area contributed by atoms with E-state index in [-0.39, 0.29) is 24.4 Å². The van der Waals surface area contributed by atoms with Crippen LogP contribution >= 0.6 is 0 Å². The number of hydrogen-bond donors (Lipinski definition) is 1. The number of nitrogens with zero attached hydrogens (tertiary/aromatic N) is 3. The fourth-order valence-electron chi connectivity index (χ4n) is 2.69. The van der Waals surface area contributed by atoms with E-state index in [0.717, 1.165) is 17.1 Å². The van der Waals surface area contributed by atoms with Gasteiger partial charge in [-0.2, -0.15) is 5.10 Å². The average Bonchev–Trinajstić information content (AvgIpc) is 2.90. The van der Waals surface area contributed by atoms with Crippen molar-refractivity contribution in [1.82, 2.24) is 20.0 Å². The van der Waals surface area contributed by atoms with Gasteiger partial charge in [0.1, 0.15) is 0 Å².